The smallest absolute Gasteiger partial charge is 0.311 e. The van der Waals surface area contributed by atoms with Crippen LogP contribution in [0.5, 0.6) is 5.75 Å². The van der Waals surface area contributed by atoms with Gasteiger partial charge in [0.15, 0.2) is 5.75 Å². The molecule has 0 saturated carbocycles. The summed E-state index contributed by atoms with van der Waals surface area (Å²) in [5.41, 5.74) is 0.354. The second-order valence-corrected chi connectivity index (χ2v) is 5.65. The van der Waals surface area contributed by atoms with Crippen molar-refractivity contribution in [1.82, 2.24) is 5.32 Å². The van der Waals surface area contributed by atoms with Crippen molar-refractivity contribution in [3.63, 3.8) is 0 Å². The van der Waals surface area contributed by atoms with Gasteiger partial charge >= 0.3 is 5.69 Å². The molecule has 0 aromatic heterocycles. The first-order valence-corrected chi connectivity index (χ1v) is 7.08. The van der Waals surface area contributed by atoms with Crippen molar-refractivity contribution in [2.45, 2.75) is 39.7 Å². The Hall–Kier alpha value is -1.66. The molecule has 1 rings (SSSR count). The molecule has 0 fully saturated rings. The summed E-state index contributed by atoms with van der Waals surface area (Å²) in [7, 11) is 0. The van der Waals surface area contributed by atoms with Crippen LogP contribution in [0.1, 0.15) is 31.4 Å². The number of aliphatic hydroxyl groups is 1. The molecule has 2 N–H and O–H groups in total. The van der Waals surface area contributed by atoms with Crippen LogP contribution in [0, 0.1) is 24.0 Å². The average Bonchev–Trinajstić information content (AvgIpc) is 2.36. The number of nitrogens with one attached hydrogen (secondary N) is 1. The number of ether oxygens (including phenoxy) is 1. The molecule has 0 aliphatic rings. The molecule has 1 aromatic rings. The summed E-state index contributed by atoms with van der Waals surface area (Å²) in [6.07, 6.45) is 0.972. The predicted octanol–water partition coefficient (Wildman–Crippen LogP) is 2.34. The summed E-state index contributed by atoms with van der Waals surface area (Å²) in [5, 5.41) is 24.4. The molecule has 0 aliphatic carbocycles. The van der Waals surface area contributed by atoms with Crippen LogP contribution < -0.4 is 10.1 Å². The van der Waals surface area contributed by atoms with E-state index in [9.17, 15) is 15.2 Å². The van der Waals surface area contributed by atoms with E-state index in [4.69, 9.17) is 4.74 Å². The lowest BCUT2D eigenvalue weighted by molar-refractivity contribution is -0.386. The first kappa shape index (κ1) is 17.4. The van der Waals surface area contributed by atoms with Gasteiger partial charge in [-0.15, -0.1) is 0 Å². The van der Waals surface area contributed by atoms with Gasteiger partial charge in [-0.3, -0.25) is 10.1 Å². The van der Waals surface area contributed by atoms with Gasteiger partial charge in [0.2, 0.25) is 0 Å². The molecule has 1 aromatic carbocycles. The maximum atomic E-state index is 11.1. The number of aryl methyl sites for hydroxylation is 2. The Kier molecular flexibility index (Phi) is 6.11. The quantitative estimate of drug-likeness (QED) is 0.437. The van der Waals surface area contributed by atoms with Crippen molar-refractivity contribution >= 4 is 5.69 Å². The van der Waals surface area contributed by atoms with Crippen LogP contribution in [-0.4, -0.2) is 35.3 Å². The summed E-state index contributed by atoms with van der Waals surface area (Å²) in [4.78, 5) is 10.7. The molecule has 21 heavy (non-hydrogen) atoms. The molecule has 0 amide bonds. The van der Waals surface area contributed by atoms with E-state index in [2.05, 4.69) is 5.32 Å². The summed E-state index contributed by atoms with van der Waals surface area (Å²) >= 11 is 0. The molecular weight excluding hydrogens is 272 g/mol. The first-order valence-electron chi connectivity index (χ1n) is 7.08. The lowest BCUT2D eigenvalue weighted by Gasteiger charge is -2.24. The third kappa shape index (κ3) is 5.32. The molecule has 0 aliphatic heterocycles. The Morgan fingerprint density at radius 3 is 2.67 bits per heavy atom. The summed E-state index contributed by atoms with van der Waals surface area (Å²) in [5.74, 6) is 0.223. The van der Waals surface area contributed by atoms with Gasteiger partial charge in [-0.2, -0.15) is 0 Å². The standard InChI is InChI=1S/C15H24N2O4/c1-5-6-16-9-15(4,18)10-21-14-12(3)7-11(2)8-13(14)17(19)20/h7-8,16,18H,5-6,9-10H2,1-4H3. The number of nitro benzene ring substituents is 1. The third-order valence-corrected chi connectivity index (χ3v) is 3.06. The van der Waals surface area contributed by atoms with E-state index >= 15 is 0 Å². The Labute approximate surface area is 125 Å². The Bertz CT molecular complexity index is 501. The predicted molar refractivity (Wildman–Crippen MR) is 81.8 cm³/mol. The monoisotopic (exact) mass is 296 g/mol. The van der Waals surface area contributed by atoms with E-state index in [1.165, 1.54) is 6.07 Å². The Morgan fingerprint density at radius 2 is 2.10 bits per heavy atom. The Morgan fingerprint density at radius 1 is 1.43 bits per heavy atom. The van der Waals surface area contributed by atoms with Gasteiger partial charge in [0.1, 0.15) is 12.2 Å². The number of hydrogen-bond acceptors (Lipinski definition) is 5. The number of nitrogens with zero attached hydrogens (tertiary/aromatic N) is 1. The van der Waals surface area contributed by atoms with Gasteiger partial charge in [-0.05, 0) is 44.9 Å². The second kappa shape index (κ2) is 7.38. The molecule has 1 atom stereocenters. The number of benzene rings is 1. The van der Waals surface area contributed by atoms with Gasteiger partial charge in [-0.25, -0.2) is 0 Å². The number of hydrogen-bond donors (Lipinski definition) is 2. The van der Waals surface area contributed by atoms with Crippen LogP contribution in [0.15, 0.2) is 12.1 Å². The molecule has 0 bridgehead atoms. The fraction of sp³-hybridized carbons (Fsp3) is 0.600. The minimum absolute atomic E-state index is 0.00550. The largest absolute Gasteiger partial charge is 0.484 e. The lowest BCUT2D eigenvalue weighted by atomic mass is 10.1. The van der Waals surface area contributed by atoms with Crippen LogP contribution in [0.4, 0.5) is 5.69 Å². The van der Waals surface area contributed by atoms with Gasteiger partial charge in [-0.1, -0.05) is 13.0 Å². The normalized spacial score (nSPS) is 13.8. The van der Waals surface area contributed by atoms with Crippen LogP contribution in [0.25, 0.3) is 0 Å². The highest BCUT2D eigenvalue weighted by Crippen LogP contribution is 2.32. The van der Waals surface area contributed by atoms with Gasteiger partial charge in [0.05, 0.1) is 4.92 Å². The van der Waals surface area contributed by atoms with Gasteiger partial charge < -0.3 is 15.2 Å². The van der Waals surface area contributed by atoms with Crippen molar-refractivity contribution in [3.05, 3.63) is 33.4 Å². The Balaban J connectivity index is 2.81. The molecule has 0 spiro atoms. The van der Waals surface area contributed by atoms with Crippen LogP contribution in [-0.2, 0) is 0 Å². The number of nitro groups is 1. The highest BCUT2D eigenvalue weighted by atomic mass is 16.6. The SMILES string of the molecule is CCCNCC(C)(O)COc1c(C)cc(C)cc1[N+](=O)[O-]. The second-order valence-electron chi connectivity index (χ2n) is 5.65. The first-order chi connectivity index (χ1) is 9.76. The lowest BCUT2D eigenvalue weighted by Crippen LogP contribution is -2.43. The molecule has 0 radical (unpaired) electrons. The zero-order chi connectivity index (χ0) is 16.0. The van der Waals surface area contributed by atoms with Crippen LogP contribution in [0.2, 0.25) is 0 Å². The van der Waals surface area contributed by atoms with Crippen molar-refractivity contribution in [2.75, 3.05) is 19.7 Å². The maximum Gasteiger partial charge on any atom is 0.311 e. The molecule has 0 heterocycles. The van der Waals surface area contributed by atoms with Crippen molar-refractivity contribution in [3.8, 4) is 5.75 Å². The third-order valence-electron chi connectivity index (χ3n) is 3.06. The number of rotatable bonds is 8. The summed E-state index contributed by atoms with van der Waals surface area (Å²) in [6.45, 7) is 8.42. The van der Waals surface area contributed by atoms with Crippen LogP contribution in [0.3, 0.4) is 0 Å². The minimum atomic E-state index is -1.08. The van der Waals surface area contributed by atoms with Crippen LogP contribution >= 0.6 is 0 Å². The zero-order valence-corrected chi connectivity index (χ0v) is 13.1. The van der Waals surface area contributed by atoms with E-state index < -0.39 is 10.5 Å². The maximum absolute atomic E-state index is 11.1. The molecule has 6 heteroatoms. The molecule has 1 unspecified atom stereocenters. The molecular formula is C15H24N2O4. The van der Waals surface area contributed by atoms with E-state index in [-0.39, 0.29) is 18.0 Å². The summed E-state index contributed by atoms with van der Waals surface area (Å²) < 4.78 is 5.55. The van der Waals surface area contributed by atoms with E-state index in [1.54, 1.807) is 20.8 Å². The van der Waals surface area contributed by atoms with E-state index in [0.29, 0.717) is 12.1 Å². The van der Waals surface area contributed by atoms with Gasteiger partial charge in [0, 0.05) is 12.6 Å². The average molecular weight is 296 g/mol. The molecule has 118 valence electrons. The molecule has 0 saturated heterocycles. The minimum Gasteiger partial charge on any atom is -0.484 e. The molecule has 6 nitrogen and oxygen atoms in total. The highest BCUT2D eigenvalue weighted by Gasteiger charge is 2.25. The highest BCUT2D eigenvalue weighted by molar-refractivity contribution is 5.53. The van der Waals surface area contributed by atoms with Crippen molar-refractivity contribution < 1.29 is 14.8 Å². The van der Waals surface area contributed by atoms with Gasteiger partial charge in [0.25, 0.3) is 0 Å². The topological polar surface area (TPSA) is 84.6 Å². The van der Waals surface area contributed by atoms with Crippen molar-refractivity contribution in [2.24, 2.45) is 0 Å². The van der Waals surface area contributed by atoms with E-state index in [0.717, 1.165) is 18.5 Å². The van der Waals surface area contributed by atoms with Crippen molar-refractivity contribution in [1.29, 1.82) is 0 Å². The fourth-order valence-electron chi connectivity index (χ4n) is 2.07. The van der Waals surface area contributed by atoms with E-state index in [1.807, 2.05) is 13.0 Å². The summed E-state index contributed by atoms with van der Waals surface area (Å²) in [6, 6.07) is 3.30. The zero-order valence-electron chi connectivity index (χ0n) is 13.1. The fourth-order valence-corrected chi connectivity index (χ4v) is 2.07.